The third-order valence-electron chi connectivity index (χ3n) is 5.56. The lowest BCUT2D eigenvalue weighted by Gasteiger charge is -2.28. The van der Waals surface area contributed by atoms with Gasteiger partial charge in [0.15, 0.2) is 0 Å². The van der Waals surface area contributed by atoms with Crippen LogP contribution in [-0.4, -0.2) is 36.9 Å². The number of amides is 2. The summed E-state index contributed by atoms with van der Waals surface area (Å²) in [6, 6.07) is 4.83. The lowest BCUT2D eigenvalue weighted by atomic mass is 9.76. The van der Waals surface area contributed by atoms with Gasteiger partial charge in [0.25, 0.3) is 5.91 Å². The molecule has 1 aromatic rings. The van der Waals surface area contributed by atoms with E-state index >= 15 is 0 Å². The highest BCUT2D eigenvalue weighted by Crippen LogP contribution is 2.49. The smallest absolute Gasteiger partial charge is 0.359 e. The van der Waals surface area contributed by atoms with Crippen molar-refractivity contribution < 1.29 is 22.8 Å². The van der Waals surface area contributed by atoms with Crippen molar-refractivity contribution in [3.05, 3.63) is 35.4 Å². The quantitative estimate of drug-likeness (QED) is 0.887. The molecule has 2 aliphatic rings. The van der Waals surface area contributed by atoms with E-state index in [2.05, 4.69) is 5.32 Å². The fraction of sp³-hybridized carbons (Fsp3) is 0.556. The number of nitrogens with zero attached hydrogens (tertiary/aromatic N) is 1. The third kappa shape index (κ3) is 3.12. The van der Waals surface area contributed by atoms with Gasteiger partial charge in [-0.05, 0) is 25.0 Å². The molecule has 1 unspecified atom stereocenters. The average molecular weight is 354 g/mol. The van der Waals surface area contributed by atoms with Crippen LogP contribution in [0.2, 0.25) is 0 Å². The summed E-state index contributed by atoms with van der Waals surface area (Å²) in [6.45, 7) is 0.515. The fourth-order valence-electron chi connectivity index (χ4n) is 4.33. The van der Waals surface area contributed by atoms with Gasteiger partial charge in [-0.2, -0.15) is 13.2 Å². The number of rotatable bonds is 2. The second kappa shape index (κ2) is 6.35. The monoisotopic (exact) mass is 354 g/mol. The summed E-state index contributed by atoms with van der Waals surface area (Å²) in [6.07, 6.45) is -0.966. The molecule has 25 heavy (non-hydrogen) atoms. The number of carbonyl (C=O) groups is 2. The van der Waals surface area contributed by atoms with E-state index in [1.807, 2.05) is 0 Å². The highest BCUT2D eigenvalue weighted by Gasteiger charge is 2.52. The Labute approximate surface area is 144 Å². The number of hydrogen-bond donors (Lipinski definition) is 1. The number of hydrogen-bond acceptors (Lipinski definition) is 2. The van der Waals surface area contributed by atoms with Gasteiger partial charge in [0, 0.05) is 25.6 Å². The van der Waals surface area contributed by atoms with Crippen molar-refractivity contribution in [2.24, 2.45) is 11.3 Å². The minimum atomic E-state index is -4.59. The maximum Gasteiger partial charge on any atom is 0.417 e. The van der Waals surface area contributed by atoms with Crippen LogP contribution in [-0.2, 0) is 11.0 Å². The maximum absolute atomic E-state index is 13.2. The van der Waals surface area contributed by atoms with Gasteiger partial charge in [-0.25, -0.2) is 0 Å². The number of likely N-dealkylation sites (tertiary alicyclic amines) is 1. The molecule has 1 aromatic carbocycles. The van der Waals surface area contributed by atoms with Crippen molar-refractivity contribution in [3.63, 3.8) is 0 Å². The molecule has 4 nitrogen and oxygen atoms in total. The van der Waals surface area contributed by atoms with E-state index in [4.69, 9.17) is 0 Å². The average Bonchev–Trinajstić information content (AvgIpc) is 3.21. The Morgan fingerprint density at radius 3 is 2.44 bits per heavy atom. The van der Waals surface area contributed by atoms with Crippen LogP contribution in [0.25, 0.3) is 0 Å². The Hall–Kier alpha value is -2.05. The topological polar surface area (TPSA) is 49.4 Å². The van der Waals surface area contributed by atoms with Gasteiger partial charge in [0.2, 0.25) is 5.91 Å². The van der Waals surface area contributed by atoms with Gasteiger partial charge in [-0.3, -0.25) is 9.59 Å². The molecular formula is C18H21F3N2O2. The minimum Gasteiger partial charge on any atom is -0.359 e. The van der Waals surface area contributed by atoms with Crippen molar-refractivity contribution in [1.82, 2.24) is 10.2 Å². The number of nitrogens with one attached hydrogen (secondary N) is 1. The summed E-state index contributed by atoms with van der Waals surface area (Å²) in [7, 11) is 1.55. The second-order valence-corrected chi connectivity index (χ2v) is 6.97. The number of benzene rings is 1. The summed E-state index contributed by atoms with van der Waals surface area (Å²) in [5.74, 6) is -1.14. The minimum absolute atomic E-state index is 0.138. The predicted molar refractivity (Wildman–Crippen MR) is 85.8 cm³/mol. The Kier molecular flexibility index (Phi) is 4.51. The summed E-state index contributed by atoms with van der Waals surface area (Å²) in [4.78, 5) is 26.5. The molecule has 1 N–H and O–H groups in total. The molecule has 136 valence electrons. The lowest BCUT2D eigenvalue weighted by molar-refractivity contribution is -0.138. The van der Waals surface area contributed by atoms with Crippen molar-refractivity contribution in [1.29, 1.82) is 0 Å². The van der Waals surface area contributed by atoms with Crippen molar-refractivity contribution in [2.45, 2.75) is 31.9 Å². The van der Waals surface area contributed by atoms with Crippen LogP contribution >= 0.6 is 0 Å². The molecule has 1 atom stereocenters. The first kappa shape index (κ1) is 17.8. The van der Waals surface area contributed by atoms with E-state index in [1.54, 1.807) is 7.05 Å². The van der Waals surface area contributed by atoms with Crippen LogP contribution in [0, 0.1) is 11.3 Å². The molecule has 0 bridgehead atoms. The highest BCUT2D eigenvalue weighted by molar-refractivity contribution is 5.96. The molecule has 3 rings (SSSR count). The zero-order valence-corrected chi connectivity index (χ0v) is 14.0. The predicted octanol–water partition coefficient (Wildman–Crippen LogP) is 3.08. The van der Waals surface area contributed by atoms with Gasteiger partial charge >= 0.3 is 6.18 Å². The van der Waals surface area contributed by atoms with Crippen molar-refractivity contribution in [2.75, 3.05) is 20.1 Å². The van der Waals surface area contributed by atoms with Crippen LogP contribution in [0.3, 0.4) is 0 Å². The zero-order valence-electron chi connectivity index (χ0n) is 14.0. The van der Waals surface area contributed by atoms with E-state index in [-0.39, 0.29) is 29.3 Å². The number of carbonyl (C=O) groups excluding carboxylic acids is 2. The molecule has 1 saturated heterocycles. The summed E-state index contributed by atoms with van der Waals surface area (Å²) >= 11 is 0. The molecule has 1 aliphatic heterocycles. The van der Waals surface area contributed by atoms with Gasteiger partial charge < -0.3 is 10.2 Å². The standard InChI is InChI=1S/C18H21F3N2O2/c1-22-15(24)14-10-23(11-17(14)8-4-5-9-17)16(25)12-6-2-3-7-13(12)18(19,20)21/h2-3,6-7,14H,4-5,8-11H2,1H3,(H,22,24). The molecule has 1 saturated carbocycles. The lowest BCUT2D eigenvalue weighted by Crippen LogP contribution is -2.38. The van der Waals surface area contributed by atoms with Gasteiger partial charge in [0.05, 0.1) is 17.0 Å². The van der Waals surface area contributed by atoms with E-state index in [1.165, 1.54) is 23.1 Å². The SMILES string of the molecule is CNC(=O)C1CN(C(=O)c2ccccc2C(F)(F)F)CC12CCCC2. The summed E-state index contributed by atoms with van der Waals surface area (Å²) in [5, 5.41) is 2.64. The summed E-state index contributed by atoms with van der Waals surface area (Å²) < 4.78 is 39.6. The molecule has 2 fully saturated rings. The van der Waals surface area contributed by atoms with Crippen LogP contribution in [0.15, 0.2) is 24.3 Å². The van der Waals surface area contributed by atoms with Crippen LogP contribution < -0.4 is 5.32 Å². The van der Waals surface area contributed by atoms with Crippen LogP contribution in [0.5, 0.6) is 0 Å². The zero-order chi connectivity index (χ0) is 18.2. The van der Waals surface area contributed by atoms with Gasteiger partial charge in [-0.1, -0.05) is 25.0 Å². The molecule has 0 radical (unpaired) electrons. The fourth-order valence-corrected chi connectivity index (χ4v) is 4.33. The van der Waals surface area contributed by atoms with E-state index in [9.17, 15) is 22.8 Å². The van der Waals surface area contributed by atoms with Crippen LogP contribution in [0.1, 0.15) is 41.6 Å². The van der Waals surface area contributed by atoms with Crippen molar-refractivity contribution in [3.8, 4) is 0 Å². The second-order valence-electron chi connectivity index (χ2n) is 6.97. The van der Waals surface area contributed by atoms with Gasteiger partial charge in [-0.15, -0.1) is 0 Å². The molecule has 1 spiro atoms. The number of halogens is 3. The first-order valence-corrected chi connectivity index (χ1v) is 8.45. The molecule has 2 amide bonds. The van der Waals surface area contributed by atoms with Gasteiger partial charge in [0.1, 0.15) is 0 Å². The normalized spacial score (nSPS) is 22.4. The molecule has 1 heterocycles. The molecular weight excluding hydrogens is 333 g/mol. The molecule has 7 heteroatoms. The highest BCUT2D eigenvalue weighted by atomic mass is 19.4. The van der Waals surface area contributed by atoms with E-state index in [0.29, 0.717) is 6.54 Å². The molecule has 1 aliphatic carbocycles. The van der Waals surface area contributed by atoms with E-state index in [0.717, 1.165) is 31.7 Å². The molecule has 0 aromatic heterocycles. The van der Waals surface area contributed by atoms with Crippen LogP contribution in [0.4, 0.5) is 13.2 Å². The Morgan fingerprint density at radius 2 is 1.84 bits per heavy atom. The maximum atomic E-state index is 13.2. The summed E-state index contributed by atoms with van der Waals surface area (Å²) in [5.41, 5.74) is -1.58. The Morgan fingerprint density at radius 1 is 1.20 bits per heavy atom. The largest absolute Gasteiger partial charge is 0.417 e. The number of alkyl halides is 3. The Bertz CT molecular complexity index is 681. The van der Waals surface area contributed by atoms with Crippen molar-refractivity contribution >= 4 is 11.8 Å². The first-order valence-electron chi connectivity index (χ1n) is 8.45. The first-order chi connectivity index (χ1) is 11.8. The third-order valence-corrected chi connectivity index (χ3v) is 5.56. The van der Waals surface area contributed by atoms with E-state index < -0.39 is 17.6 Å². The Balaban J connectivity index is 1.91.